The van der Waals surface area contributed by atoms with Gasteiger partial charge < -0.3 is 10.5 Å². The topological polar surface area (TPSA) is 111 Å². The number of non-ortho nitro benzene ring substituents is 1. The summed E-state index contributed by atoms with van der Waals surface area (Å²) in [5.74, 6) is -1.62. The predicted octanol–water partition coefficient (Wildman–Crippen LogP) is 3.37. The number of alkyl halides is 5. The maximum absolute atomic E-state index is 14.3. The molecule has 0 spiro atoms. The highest BCUT2D eigenvalue weighted by Crippen LogP contribution is 2.39. The number of hydrogen-bond donors (Lipinski definition) is 1. The van der Waals surface area contributed by atoms with Crippen LogP contribution in [0.4, 0.5) is 23.7 Å². The Morgan fingerprint density at radius 2 is 2.11 bits per heavy atom. The van der Waals surface area contributed by atoms with E-state index < -0.39 is 69.4 Å². The number of carbonyl (C=O) groups excluding carboxylic acids is 1. The van der Waals surface area contributed by atoms with Gasteiger partial charge in [0.2, 0.25) is 3.79 Å². The highest BCUT2D eigenvalue weighted by atomic mass is 35.6. The molecule has 1 aromatic carbocycles. The first-order valence-corrected chi connectivity index (χ1v) is 8.54. The zero-order valence-electron chi connectivity index (χ0n) is 13.8. The fourth-order valence-electron chi connectivity index (χ4n) is 2.57. The van der Waals surface area contributed by atoms with Crippen LogP contribution in [0.25, 0.3) is 0 Å². The van der Waals surface area contributed by atoms with Crippen molar-refractivity contribution in [3.05, 3.63) is 39.7 Å². The number of aliphatic imine (C=N–C) groups is 1. The average Bonchev–Trinajstić information content (AvgIpc) is 2.58. The van der Waals surface area contributed by atoms with E-state index in [1.165, 1.54) is 0 Å². The number of ether oxygens (including phenoxy) is 1. The molecule has 0 saturated carbocycles. The molecule has 1 aromatic rings. The lowest BCUT2D eigenvalue weighted by Crippen LogP contribution is -2.55. The number of hydrogen-bond acceptors (Lipinski definition) is 6. The van der Waals surface area contributed by atoms with Crippen molar-refractivity contribution in [1.29, 1.82) is 0 Å². The SMILES string of the molecule is NC1=NC(c2cc([N+](=O)[O-])ccc2F)(C(F)F)CN(C(=O)OCC(Cl)(Cl)Cl)C1. The highest BCUT2D eigenvalue weighted by Gasteiger charge is 2.49. The van der Waals surface area contributed by atoms with E-state index in [0.717, 1.165) is 6.07 Å². The summed E-state index contributed by atoms with van der Waals surface area (Å²) >= 11 is 16.4. The minimum atomic E-state index is -3.37. The largest absolute Gasteiger partial charge is 0.445 e. The van der Waals surface area contributed by atoms with Crippen molar-refractivity contribution in [2.45, 2.75) is 15.8 Å². The van der Waals surface area contributed by atoms with Gasteiger partial charge in [-0.15, -0.1) is 0 Å². The zero-order valence-corrected chi connectivity index (χ0v) is 16.0. The lowest BCUT2D eigenvalue weighted by atomic mass is 9.88. The number of rotatable bonds is 4. The molecule has 0 fully saturated rings. The maximum Gasteiger partial charge on any atom is 0.410 e. The standard InChI is InChI=1S/C14H12Cl3F3N4O4/c15-14(16,17)6-28-12(25)23-4-10(21)22-13(5-23,11(19)20)8-3-7(24(26)27)1-2-9(8)18/h1-3,11H,4-6H2,(H2,21,22). The number of nitro benzene ring substituents is 1. The van der Waals surface area contributed by atoms with Crippen LogP contribution in [0.2, 0.25) is 0 Å². The van der Waals surface area contributed by atoms with Gasteiger partial charge in [-0.05, 0) is 6.07 Å². The second-order valence-electron chi connectivity index (χ2n) is 5.78. The molecule has 1 atom stereocenters. The van der Waals surface area contributed by atoms with Gasteiger partial charge in [-0.3, -0.25) is 20.0 Å². The van der Waals surface area contributed by atoms with Crippen LogP contribution in [0, 0.1) is 15.9 Å². The number of nitro groups is 1. The van der Waals surface area contributed by atoms with Crippen molar-refractivity contribution in [3.8, 4) is 0 Å². The van der Waals surface area contributed by atoms with E-state index in [4.69, 9.17) is 45.3 Å². The number of amides is 1. The lowest BCUT2D eigenvalue weighted by molar-refractivity contribution is -0.385. The fourth-order valence-corrected chi connectivity index (χ4v) is 2.74. The van der Waals surface area contributed by atoms with Gasteiger partial charge >= 0.3 is 6.09 Å². The summed E-state index contributed by atoms with van der Waals surface area (Å²) in [6.07, 6.45) is -4.54. The van der Waals surface area contributed by atoms with Gasteiger partial charge in [0.05, 0.1) is 18.0 Å². The summed E-state index contributed by atoms with van der Waals surface area (Å²) in [7, 11) is 0. The third-order valence-electron chi connectivity index (χ3n) is 3.73. The number of halogens is 6. The molecule has 0 saturated heterocycles. The van der Waals surface area contributed by atoms with Crippen molar-refractivity contribution in [2.24, 2.45) is 10.7 Å². The molecule has 0 radical (unpaired) electrons. The molecular weight excluding hydrogens is 452 g/mol. The van der Waals surface area contributed by atoms with Gasteiger partial charge in [-0.1, -0.05) is 34.8 Å². The van der Waals surface area contributed by atoms with Crippen LogP contribution >= 0.6 is 34.8 Å². The van der Waals surface area contributed by atoms with Gasteiger partial charge in [0, 0.05) is 17.7 Å². The number of benzene rings is 1. The molecule has 154 valence electrons. The smallest absolute Gasteiger partial charge is 0.410 e. The summed E-state index contributed by atoms with van der Waals surface area (Å²) in [5, 5.41) is 11.0. The van der Waals surface area contributed by atoms with Crippen molar-refractivity contribution in [1.82, 2.24) is 4.90 Å². The predicted molar refractivity (Wildman–Crippen MR) is 95.6 cm³/mol. The molecule has 1 amide bonds. The molecule has 1 aliphatic rings. The first kappa shape index (κ1) is 22.3. The van der Waals surface area contributed by atoms with Crippen LogP contribution in [0.1, 0.15) is 5.56 Å². The van der Waals surface area contributed by atoms with E-state index in [9.17, 15) is 28.1 Å². The third kappa shape index (κ3) is 4.89. The van der Waals surface area contributed by atoms with E-state index in [0.29, 0.717) is 17.0 Å². The van der Waals surface area contributed by atoms with Crippen LogP contribution in [0.3, 0.4) is 0 Å². The molecule has 14 heteroatoms. The van der Waals surface area contributed by atoms with Gasteiger partial charge in [-0.2, -0.15) is 0 Å². The van der Waals surface area contributed by atoms with Gasteiger partial charge in [0.1, 0.15) is 18.3 Å². The Kier molecular flexibility index (Phi) is 6.51. The van der Waals surface area contributed by atoms with E-state index in [1.54, 1.807) is 0 Å². The number of nitrogens with zero attached hydrogens (tertiary/aromatic N) is 3. The number of nitrogens with two attached hydrogens (primary N) is 1. The Balaban J connectivity index is 2.46. The Morgan fingerprint density at radius 1 is 1.46 bits per heavy atom. The van der Waals surface area contributed by atoms with Crippen LogP contribution in [-0.2, 0) is 10.3 Å². The van der Waals surface area contributed by atoms with Crippen molar-refractivity contribution in [2.75, 3.05) is 19.7 Å². The van der Waals surface area contributed by atoms with Gasteiger partial charge in [0.15, 0.2) is 5.54 Å². The first-order valence-electron chi connectivity index (χ1n) is 7.41. The second-order valence-corrected chi connectivity index (χ2v) is 8.29. The molecule has 1 aliphatic heterocycles. The molecule has 28 heavy (non-hydrogen) atoms. The lowest BCUT2D eigenvalue weighted by Gasteiger charge is -2.38. The molecule has 1 unspecified atom stereocenters. The van der Waals surface area contributed by atoms with Crippen LogP contribution in [-0.4, -0.2) is 51.7 Å². The summed E-state index contributed by atoms with van der Waals surface area (Å²) in [6, 6.07) is 2.08. The molecule has 1 heterocycles. The molecule has 8 nitrogen and oxygen atoms in total. The highest BCUT2D eigenvalue weighted by molar-refractivity contribution is 6.67. The van der Waals surface area contributed by atoms with Gasteiger partial charge in [0.25, 0.3) is 12.1 Å². The molecule has 0 bridgehead atoms. The molecule has 0 aromatic heterocycles. The maximum atomic E-state index is 14.3. The average molecular weight is 464 g/mol. The van der Waals surface area contributed by atoms with E-state index in [2.05, 4.69) is 4.99 Å². The van der Waals surface area contributed by atoms with Gasteiger partial charge in [-0.25, -0.2) is 18.0 Å². The van der Waals surface area contributed by atoms with Crippen molar-refractivity contribution < 1.29 is 27.6 Å². The Bertz CT molecular complexity index is 822. The van der Waals surface area contributed by atoms with Crippen LogP contribution in [0.15, 0.2) is 23.2 Å². The summed E-state index contributed by atoms with van der Waals surface area (Å²) < 4.78 is 45.1. The summed E-state index contributed by atoms with van der Waals surface area (Å²) in [6.45, 7) is -1.97. The number of amidine groups is 1. The zero-order chi connectivity index (χ0) is 21.3. The third-order valence-corrected chi connectivity index (χ3v) is 4.06. The van der Waals surface area contributed by atoms with E-state index >= 15 is 0 Å². The van der Waals surface area contributed by atoms with Crippen LogP contribution in [0.5, 0.6) is 0 Å². The quantitative estimate of drug-likeness (QED) is 0.418. The van der Waals surface area contributed by atoms with Crippen molar-refractivity contribution in [3.63, 3.8) is 0 Å². The summed E-state index contributed by atoms with van der Waals surface area (Å²) in [4.78, 5) is 26.6. The Hall–Kier alpha value is -1.98. The molecule has 0 aliphatic carbocycles. The van der Waals surface area contributed by atoms with E-state index in [1.807, 2.05) is 0 Å². The second kappa shape index (κ2) is 8.18. The van der Waals surface area contributed by atoms with Crippen LogP contribution < -0.4 is 5.73 Å². The fraction of sp³-hybridized carbons (Fsp3) is 0.429. The Labute approximate surface area is 171 Å². The summed E-state index contributed by atoms with van der Waals surface area (Å²) in [5.41, 5.74) is 1.46. The minimum Gasteiger partial charge on any atom is -0.445 e. The first-order chi connectivity index (χ1) is 12.9. The molecule has 2 N–H and O–H groups in total. The number of carbonyl (C=O) groups is 1. The van der Waals surface area contributed by atoms with Crippen molar-refractivity contribution >= 4 is 52.4 Å². The Morgan fingerprint density at radius 3 is 2.64 bits per heavy atom. The minimum absolute atomic E-state index is 0.413. The molecular formula is C14H12Cl3F3N4O4. The normalized spacial score (nSPS) is 20.1. The molecule has 2 rings (SSSR count). The van der Waals surface area contributed by atoms with E-state index in [-0.39, 0.29) is 0 Å². The monoisotopic (exact) mass is 462 g/mol.